The predicted molar refractivity (Wildman–Crippen MR) is 96.5 cm³/mol. The van der Waals surface area contributed by atoms with Gasteiger partial charge in [0, 0.05) is 5.69 Å². The van der Waals surface area contributed by atoms with E-state index in [4.69, 9.17) is 0 Å². The zero-order valence-corrected chi connectivity index (χ0v) is 14.4. The van der Waals surface area contributed by atoms with Gasteiger partial charge in [-0.2, -0.15) is 0 Å². The van der Waals surface area contributed by atoms with Gasteiger partial charge in [-0.05, 0) is 43.0 Å². The van der Waals surface area contributed by atoms with Gasteiger partial charge < -0.3 is 10.6 Å². The number of hydrogen-bond donors (Lipinski definition) is 2. The molecule has 4 amide bonds. The Morgan fingerprint density at radius 3 is 2.65 bits per heavy atom. The molecule has 1 spiro atoms. The number of nitrogens with zero attached hydrogens (tertiary/aromatic N) is 1. The summed E-state index contributed by atoms with van der Waals surface area (Å²) in [5, 5.41) is 5.54. The zero-order chi connectivity index (χ0) is 18.3. The number of anilines is 1. The lowest BCUT2D eigenvalue weighted by atomic mass is 9.92. The third-order valence-electron chi connectivity index (χ3n) is 5.06. The maximum atomic E-state index is 13.0. The van der Waals surface area contributed by atoms with Crippen LogP contribution in [0.2, 0.25) is 0 Å². The van der Waals surface area contributed by atoms with Crippen LogP contribution < -0.4 is 10.6 Å². The second-order valence-electron chi connectivity index (χ2n) is 6.80. The molecule has 6 nitrogen and oxygen atoms in total. The van der Waals surface area contributed by atoms with Gasteiger partial charge in [0.1, 0.15) is 12.1 Å². The predicted octanol–water partition coefficient (Wildman–Crippen LogP) is 2.33. The topological polar surface area (TPSA) is 78.5 Å². The summed E-state index contributed by atoms with van der Waals surface area (Å²) in [7, 11) is 0. The minimum atomic E-state index is -1.03. The van der Waals surface area contributed by atoms with E-state index < -0.39 is 17.5 Å². The molecular weight excluding hydrogens is 330 g/mol. The number of aryl methyl sites for hydroxylation is 2. The van der Waals surface area contributed by atoms with Crippen molar-refractivity contribution in [2.24, 2.45) is 0 Å². The maximum absolute atomic E-state index is 13.0. The summed E-state index contributed by atoms with van der Waals surface area (Å²) < 4.78 is 0. The molecule has 0 saturated carbocycles. The molecule has 1 atom stereocenters. The van der Waals surface area contributed by atoms with E-state index in [1.54, 1.807) is 12.1 Å². The highest BCUT2D eigenvalue weighted by molar-refractivity contribution is 6.10. The van der Waals surface area contributed by atoms with Crippen molar-refractivity contribution in [2.75, 3.05) is 11.9 Å². The number of carbonyl (C=O) groups excluding carboxylic acids is 3. The summed E-state index contributed by atoms with van der Waals surface area (Å²) in [6.07, 6.45) is 1.25. The van der Waals surface area contributed by atoms with Gasteiger partial charge in [-0.25, -0.2) is 4.79 Å². The first kappa shape index (κ1) is 16.3. The Balaban J connectivity index is 1.52. The van der Waals surface area contributed by atoms with Gasteiger partial charge in [0.05, 0.1) is 0 Å². The maximum Gasteiger partial charge on any atom is 0.325 e. The Kier molecular flexibility index (Phi) is 3.76. The Morgan fingerprint density at radius 2 is 1.88 bits per heavy atom. The highest BCUT2D eigenvalue weighted by atomic mass is 16.2. The van der Waals surface area contributed by atoms with Crippen molar-refractivity contribution in [3.8, 4) is 0 Å². The number of hydrogen-bond acceptors (Lipinski definition) is 3. The van der Waals surface area contributed by atoms with E-state index >= 15 is 0 Å². The van der Waals surface area contributed by atoms with Crippen molar-refractivity contribution in [3.05, 3.63) is 65.2 Å². The van der Waals surface area contributed by atoms with E-state index in [0.717, 1.165) is 28.0 Å². The highest BCUT2D eigenvalue weighted by Gasteiger charge is 2.55. The SMILES string of the molecule is Cc1ccc(NC(=O)CN2C(=O)N[C@]3(CCc4ccccc43)C2=O)cc1. The van der Waals surface area contributed by atoms with Crippen LogP contribution in [0.1, 0.15) is 23.1 Å². The fraction of sp³-hybridized carbons (Fsp3) is 0.250. The van der Waals surface area contributed by atoms with Gasteiger partial charge in [-0.1, -0.05) is 42.0 Å². The smallest absolute Gasteiger partial charge is 0.325 e. The molecule has 4 rings (SSSR count). The minimum Gasteiger partial charge on any atom is -0.325 e. The van der Waals surface area contributed by atoms with Gasteiger partial charge in [-0.3, -0.25) is 14.5 Å². The summed E-state index contributed by atoms with van der Waals surface area (Å²) in [6.45, 7) is 1.65. The van der Waals surface area contributed by atoms with Gasteiger partial charge in [-0.15, -0.1) is 0 Å². The molecule has 1 fully saturated rings. The normalized spacial score (nSPS) is 21.0. The summed E-state index contributed by atoms with van der Waals surface area (Å²) in [5.74, 6) is -0.757. The van der Waals surface area contributed by atoms with E-state index in [-0.39, 0.29) is 12.5 Å². The third-order valence-corrected chi connectivity index (χ3v) is 5.06. The van der Waals surface area contributed by atoms with Crippen molar-refractivity contribution < 1.29 is 14.4 Å². The number of amides is 4. The fourth-order valence-electron chi connectivity index (χ4n) is 3.71. The first-order chi connectivity index (χ1) is 12.5. The van der Waals surface area contributed by atoms with Crippen LogP contribution in [0.15, 0.2) is 48.5 Å². The number of nitrogens with one attached hydrogen (secondary N) is 2. The second-order valence-corrected chi connectivity index (χ2v) is 6.80. The minimum absolute atomic E-state index is 0.303. The second kappa shape index (κ2) is 5.98. The molecule has 1 aliphatic heterocycles. The average Bonchev–Trinajstić information content (AvgIpc) is 3.11. The molecular formula is C20H19N3O3. The van der Waals surface area contributed by atoms with Crippen LogP contribution in [0.25, 0.3) is 0 Å². The van der Waals surface area contributed by atoms with Gasteiger partial charge in [0.15, 0.2) is 0 Å². The molecule has 2 aromatic carbocycles. The van der Waals surface area contributed by atoms with Gasteiger partial charge in [0.25, 0.3) is 5.91 Å². The van der Waals surface area contributed by atoms with Gasteiger partial charge >= 0.3 is 6.03 Å². The van der Waals surface area contributed by atoms with E-state index in [0.29, 0.717) is 12.1 Å². The number of carbonyl (C=O) groups is 3. The average molecular weight is 349 g/mol. The van der Waals surface area contributed by atoms with Crippen molar-refractivity contribution >= 4 is 23.5 Å². The molecule has 132 valence electrons. The molecule has 2 aromatic rings. The Morgan fingerprint density at radius 1 is 1.15 bits per heavy atom. The number of rotatable bonds is 3. The molecule has 6 heteroatoms. The van der Waals surface area contributed by atoms with Crippen LogP contribution in [-0.2, 0) is 21.5 Å². The Labute approximate surface area is 151 Å². The largest absolute Gasteiger partial charge is 0.325 e. The van der Waals surface area contributed by atoms with E-state index in [9.17, 15) is 14.4 Å². The molecule has 0 radical (unpaired) electrons. The van der Waals surface area contributed by atoms with Crippen LogP contribution in [0.5, 0.6) is 0 Å². The summed E-state index contributed by atoms with van der Waals surface area (Å²) in [5.41, 5.74) is 2.58. The number of fused-ring (bicyclic) bond motifs is 2. The molecule has 1 saturated heterocycles. The lowest BCUT2D eigenvalue weighted by Crippen LogP contribution is -2.42. The van der Waals surface area contributed by atoms with E-state index in [1.165, 1.54) is 0 Å². The molecule has 1 aliphatic carbocycles. The summed E-state index contributed by atoms with van der Waals surface area (Å²) >= 11 is 0. The third kappa shape index (κ3) is 2.54. The summed E-state index contributed by atoms with van der Waals surface area (Å²) in [6, 6.07) is 14.4. The monoisotopic (exact) mass is 349 g/mol. The van der Waals surface area contributed by atoms with Crippen LogP contribution in [0.3, 0.4) is 0 Å². The molecule has 0 aromatic heterocycles. The van der Waals surface area contributed by atoms with Gasteiger partial charge in [0.2, 0.25) is 5.91 Å². The number of imide groups is 1. The zero-order valence-electron chi connectivity index (χ0n) is 14.4. The molecule has 0 bridgehead atoms. The first-order valence-electron chi connectivity index (χ1n) is 8.59. The number of benzene rings is 2. The fourth-order valence-corrected chi connectivity index (χ4v) is 3.71. The van der Waals surface area contributed by atoms with E-state index in [1.807, 2.05) is 43.3 Å². The first-order valence-corrected chi connectivity index (χ1v) is 8.59. The standard InChI is InChI=1S/C20H19N3O3/c1-13-6-8-15(9-7-13)21-17(24)12-23-18(25)20(22-19(23)26)11-10-14-4-2-3-5-16(14)20/h2-9H,10-12H2,1H3,(H,21,24)(H,22,26)/t20-/m0/s1. The van der Waals surface area contributed by atoms with Crippen LogP contribution in [0, 0.1) is 6.92 Å². The Hall–Kier alpha value is -3.15. The van der Waals surface area contributed by atoms with Crippen LogP contribution in [0.4, 0.5) is 10.5 Å². The lowest BCUT2D eigenvalue weighted by Gasteiger charge is -2.22. The molecule has 2 aliphatic rings. The lowest BCUT2D eigenvalue weighted by molar-refractivity contribution is -0.134. The highest BCUT2D eigenvalue weighted by Crippen LogP contribution is 2.41. The van der Waals surface area contributed by atoms with Crippen LogP contribution in [-0.4, -0.2) is 29.3 Å². The van der Waals surface area contributed by atoms with Crippen molar-refractivity contribution in [1.29, 1.82) is 0 Å². The molecule has 0 unspecified atom stereocenters. The van der Waals surface area contributed by atoms with Crippen molar-refractivity contribution in [2.45, 2.75) is 25.3 Å². The number of urea groups is 1. The molecule has 1 heterocycles. The van der Waals surface area contributed by atoms with Crippen molar-refractivity contribution in [3.63, 3.8) is 0 Å². The van der Waals surface area contributed by atoms with E-state index in [2.05, 4.69) is 10.6 Å². The quantitative estimate of drug-likeness (QED) is 0.835. The van der Waals surface area contributed by atoms with Crippen molar-refractivity contribution in [1.82, 2.24) is 10.2 Å². The Bertz CT molecular complexity index is 907. The van der Waals surface area contributed by atoms with Crippen LogP contribution >= 0.6 is 0 Å². The summed E-state index contributed by atoms with van der Waals surface area (Å²) in [4.78, 5) is 38.7. The molecule has 2 N–H and O–H groups in total. The molecule has 26 heavy (non-hydrogen) atoms.